The van der Waals surface area contributed by atoms with Gasteiger partial charge in [0.15, 0.2) is 0 Å². The fourth-order valence-corrected chi connectivity index (χ4v) is 2.06. The van der Waals surface area contributed by atoms with Crippen LogP contribution >= 0.6 is 11.6 Å². The third-order valence-electron chi connectivity index (χ3n) is 3.19. The minimum Gasteiger partial charge on any atom is -0.396 e. The van der Waals surface area contributed by atoms with E-state index in [-0.39, 0.29) is 17.7 Å². The fourth-order valence-electron chi connectivity index (χ4n) is 1.87. The highest BCUT2D eigenvalue weighted by atomic mass is 35.5. The van der Waals surface area contributed by atoms with Gasteiger partial charge in [-0.1, -0.05) is 25.4 Å². The molecular weight excluding hydrogens is 280 g/mol. The molecule has 1 aromatic carbocycles. The molecule has 0 aliphatic heterocycles. The molecular formula is C14H21ClN2O3. The first-order chi connectivity index (χ1) is 9.35. The fraction of sp³-hybridized carbons (Fsp3) is 0.571. The van der Waals surface area contributed by atoms with Crippen LogP contribution in [0.2, 0.25) is 5.02 Å². The Labute approximate surface area is 124 Å². The summed E-state index contributed by atoms with van der Waals surface area (Å²) in [6.07, 6.45) is 1.80. The third-order valence-corrected chi connectivity index (χ3v) is 3.42. The van der Waals surface area contributed by atoms with Gasteiger partial charge in [-0.15, -0.1) is 0 Å². The quantitative estimate of drug-likeness (QED) is 0.439. The third kappa shape index (κ3) is 5.45. The highest BCUT2D eigenvalue weighted by Gasteiger charge is 2.16. The van der Waals surface area contributed by atoms with Gasteiger partial charge in [-0.2, -0.15) is 0 Å². The Morgan fingerprint density at radius 1 is 1.45 bits per heavy atom. The number of nitrogens with zero attached hydrogens (tertiary/aromatic N) is 1. The zero-order chi connectivity index (χ0) is 15.2. The Hall–Kier alpha value is -1.17. The molecule has 0 heterocycles. The SMILES string of the molecule is CC(C)(CO)CCCNCc1cc(Cl)ccc1[N+](=O)[O-]. The van der Waals surface area contributed by atoms with E-state index < -0.39 is 4.92 Å². The number of aliphatic hydroxyl groups is 1. The van der Waals surface area contributed by atoms with Gasteiger partial charge in [0, 0.05) is 29.8 Å². The van der Waals surface area contributed by atoms with Gasteiger partial charge in [0.2, 0.25) is 0 Å². The average molecular weight is 301 g/mol. The van der Waals surface area contributed by atoms with E-state index in [9.17, 15) is 10.1 Å². The van der Waals surface area contributed by atoms with Gasteiger partial charge in [0.25, 0.3) is 5.69 Å². The van der Waals surface area contributed by atoms with Crippen molar-refractivity contribution in [3.8, 4) is 0 Å². The Morgan fingerprint density at radius 2 is 2.15 bits per heavy atom. The standard InChI is InChI=1S/C14H21ClN2O3/c1-14(2,10-18)6-3-7-16-9-11-8-12(15)4-5-13(11)17(19)20/h4-5,8,16,18H,3,6-7,9-10H2,1-2H3. The number of aliphatic hydroxyl groups excluding tert-OH is 1. The molecule has 0 aromatic heterocycles. The van der Waals surface area contributed by atoms with Crippen molar-refractivity contribution in [3.63, 3.8) is 0 Å². The zero-order valence-electron chi connectivity index (χ0n) is 11.9. The molecule has 112 valence electrons. The number of rotatable bonds is 8. The predicted octanol–water partition coefficient (Wildman–Crippen LogP) is 3.14. The van der Waals surface area contributed by atoms with Gasteiger partial charge >= 0.3 is 0 Å². The van der Waals surface area contributed by atoms with Crippen molar-refractivity contribution < 1.29 is 10.0 Å². The number of nitrogens with one attached hydrogen (secondary N) is 1. The molecule has 0 unspecified atom stereocenters. The van der Waals surface area contributed by atoms with Crippen LogP contribution in [-0.4, -0.2) is 23.2 Å². The molecule has 2 N–H and O–H groups in total. The maximum atomic E-state index is 10.9. The van der Waals surface area contributed by atoms with E-state index in [0.29, 0.717) is 17.1 Å². The minimum absolute atomic E-state index is 0.0796. The van der Waals surface area contributed by atoms with Crippen molar-refractivity contribution in [2.75, 3.05) is 13.2 Å². The summed E-state index contributed by atoms with van der Waals surface area (Å²) in [6, 6.07) is 4.56. The van der Waals surface area contributed by atoms with E-state index in [1.165, 1.54) is 12.1 Å². The Kier molecular flexibility index (Phi) is 6.39. The van der Waals surface area contributed by atoms with E-state index in [4.69, 9.17) is 16.7 Å². The molecule has 0 atom stereocenters. The Morgan fingerprint density at radius 3 is 2.75 bits per heavy atom. The van der Waals surface area contributed by atoms with Gasteiger partial charge in [0.05, 0.1) is 4.92 Å². The normalized spacial score (nSPS) is 11.6. The van der Waals surface area contributed by atoms with Crippen LogP contribution in [0.5, 0.6) is 0 Å². The predicted molar refractivity (Wildman–Crippen MR) is 79.9 cm³/mol. The van der Waals surface area contributed by atoms with Crippen molar-refractivity contribution in [2.24, 2.45) is 5.41 Å². The van der Waals surface area contributed by atoms with Crippen LogP contribution in [0.1, 0.15) is 32.3 Å². The number of nitro groups is 1. The number of nitro benzene ring substituents is 1. The van der Waals surface area contributed by atoms with Crippen molar-refractivity contribution in [1.82, 2.24) is 5.32 Å². The lowest BCUT2D eigenvalue weighted by molar-refractivity contribution is -0.385. The van der Waals surface area contributed by atoms with Crippen LogP contribution in [0.4, 0.5) is 5.69 Å². The smallest absolute Gasteiger partial charge is 0.273 e. The molecule has 0 fully saturated rings. The maximum Gasteiger partial charge on any atom is 0.273 e. The summed E-state index contributed by atoms with van der Waals surface area (Å²) >= 11 is 5.86. The number of benzene rings is 1. The Bertz CT molecular complexity index is 464. The van der Waals surface area contributed by atoms with Gasteiger partial charge in [-0.25, -0.2) is 0 Å². The maximum absolute atomic E-state index is 10.9. The molecule has 0 spiro atoms. The largest absolute Gasteiger partial charge is 0.396 e. The van der Waals surface area contributed by atoms with E-state index in [1.807, 2.05) is 13.8 Å². The topological polar surface area (TPSA) is 75.4 Å². The van der Waals surface area contributed by atoms with Crippen molar-refractivity contribution in [1.29, 1.82) is 0 Å². The monoisotopic (exact) mass is 300 g/mol. The van der Waals surface area contributed by atoms with Crippen molar-refractivity contribution in [2.45, 2.75) is 33.2 Å². The molecule has 20 heavy (non-hydrogen) atoms. The lowest BCUT2D eigenvalue weighted by atomic mass is 9.89. The molecule has 1 aromatic rings. The molecule has 5 nitrogen and oxygen atoms in total. The summed E-state index contributed by atoms with van der Waals surface area (Å²) < 4.78 is 0. The Balaban J connectivity index is 2.46. The van der Waals surface area contributed by atoms with Gasteiger partial charge in [-0.05, 0) is 36.9 Å². The molecule has 0 amide bonds. The van der Waals surface area contributed by atoms with Crippen LogP contribution in [0.15, 0.2) is 18.2 Å². The van der Waals surface area contributed by atoms with Crippen LogP contribution in [0.25, 0.3) is 0 Å². The second kappa shape index (κ2) is 7.57. The second-order valence-corrected chi connectivity index (χ2v) is 6.07. The lowest BCUT2D eigenvalue weighted by Crippen LogP contribution is -2.21. The number of halogens is 1. The first-order valence-electron chi connectivity index (χ1n) is 6.60. The molecule has 0 aliphatic rings. The summed E-state index contributed by atoms with van der Waals surface area (Å²) in [5, 5.41) is 23.7. The summed E-state index contributed by atoms with van der Waals surface area (Å²) in [6.45, 7) is 5.33. The lowest BCUT2D eigenvalue weighted by Gasteiger charge is -2.21. The van der Waals surface area contributed by atoms with Crippen molar-refractivity contribution in [3.05, 3.63) is 38.9 Å². The van der Waals surface area contributed by atoms with Crippen LogP contribution in [0.3, 0.4) is 0 Å². The highest BCUT2D eigenvalue weighted by molar-refractivity contribution is 6.30. The average Bonchev–Trinajstić information content (AvgIpc) is 2.38. The van der Waals surface area contributed by atoms with Crippen molar-refractivity contribution >= 4 is 17.3 Å². The molecule has 0 saturated heterocycles. The molecule has 6 heteroatoms. The molecule has 0 radical (unpaired) electrons. The summed E-state index contributed by atoms with van der Waals surface area (Å²) in [4.78, 5) is 10.5. The van der Waals surface area contributed by atoms with Gasteiger partial charge < -0.3 is 10.4 Å². The van der Waals surface area contributed by atoms with Gasteiger partial charge in [0.1, 0.15) is 0 Å². The first kappa shape index (κ1) is 16.9. The van der Waals surface area contributed by atoms with Gasteiger partial charge in [-0.3, -0.25) is 10.1 Å². The van der Waals surface area contributed by atoms with Crippen LogP contribution in [-0.2, 0) is 6.54 Å². The number of hydrogen-bond donors (Lipinski definition) is 2. The molecule has 1 rings (SSSR count). The highest BCUT2D eigenvalue weighted by Crippen LogP contribution is 2.23. The molecule has 0 saturated carbocycles. The van der Waals surface area contributed by atoms with E-state index in [0.717, 1.165) is 19.4 Å². The number of hydrogen-bond acceptors (Lipinski definition) is 4. The summed E-state index contributed by atoms with van der Waals surface area (Å²) in [5.41, 5.74) is 0.588. The second-order valence-electron chi connectivity index (χ2n) is 5.63. The van der Waals surface area contributed by atoms with Crippen LogP contribution < -0.4 is 5.32 Å². The first-order valence-corrected chi connectivity index (χ1v) is 6.98. The summed E-state index contributed by atoms with van der Waals surface area (Å²) in [7, 11) is 0. The minimum atomic E-state index is -0.401. The van der Waals surface area contributed by atoms with E-state index >= 15 is 0 Å². The van der Waals surface area contributed by atoms with E-state index in [2.05, 4.69) is 5.32 Å². The van der Waals surface area contributed by atoms with E-state index in [1.54, 1.807) is 6.07 Å². The summed E-state index contributed by atoms with van der Waals surface area (Å²) in [5.74, 6) is 0. The zero-order valence-corrected chi connectivity index (χ0v) is 12.6. The van der Waals surface area contributed by atoms with Crippen LogP contribution in [0, 0.1) is 15.5 Å². The molecule has 0 aliphatic carbocycles. The molecule has 0 bridgehead atoms.